The van der Waals surface area contributed by atoms with Gasteiger partial charge in [-0.15, -0.1) is 11.3 Å². The maximum absolute atomic E-state index is 11.4. The molecule has 3 aromatic rings. The molecule has 0 aliphatic carbocycles. The number of carbonyl (C=O) groups is 1. The molecule has 4 rings (SSSR count). The second kappa shape index (κ2) is 8.32. The minimum absolute atomic E-state index is 0.00146. The Bertz CT molecular complexity index is 977. The molecular weight excluding hydrogens is 378 g/mol. The fourth-order valence-electron chi connectivity index (χ4n) is 2.87. The van der Waals surface area contributed by atoms with E-state index in [4.69, 9.17) is 9.84 Å². The number of aliphatic hydroxyl groups excluding tert-OH is 1. The zero-order valence-corrected chi connectivity index (χ0v) is 15.8. The van der Waals surface area contributed by atoms with Gasteiger partial charge >= 0.3 is 0 Å². The number of carbonyl (C=O) groups excluding carboxylic acids is 1. The van der Waals surface area contributed by atoms with E-state index in [1.807, 2.05) is 18.2 Å². The van der Waals surface area contributed by atoms with Crippen LogP contribution in [0.15, 0.2) is 42.7 Å². The minimum atomic E-state index is -0.0456. The largest absolute Gasteiger partial charge is 0.491 e. The van der Waals surface area contributed by atoms with Gasteiger partial charge in [0.05, 0.1) is 23.2 Å². The number of aromatic nitrogens is 3. The molecule has 0 unspecified atom stereocenters. The van der Waals surface area contributed by atoms with Crippen molar-refractivity contribution in [3.05, 3.63) is 47.7 Å². The number of anilines is 2. The number of pyridine rings is 2. The van der Waals surface area contributed by atoms with Gasteiger partial charge in [-0.25, -0.2) is 15.0 Å². The summed E-state index contributed by atoms with van der Waals surface area (Å²) in [6, 6.07) is 9.16. The van der Waals surface area contributed by atoms with Crippen LogP contribution >= 0.6 is 11.3 Å². The predicted molar refractivity (Wildman–Crippen MR) is 106 cm³/mol. The third-order valence-electron chi connectivity index (χ3n) is 4.17. The van der Waals surface area contributed by atoms with Crippen LogP contribution in [0, 0.1) is 0 Å². The van der Waals surface area contributed by atoms with Gasteiger partial charge < -0.3 is 20.5 Å². The Kier molecular flexibility index (Phi) is 5.45. The molecule has 0 aromatic carbocycles. The lowest BCUT2D eigenvalue weighted by atomic mass is 10.2. The normalized spacial score (nSPS) is 16.0. The van der Waals surface area contributed by atoms with E-state index in [9.17, 15) is 4.79 Å². The maximum atomic E-state index is 11.4. The number of rotatable bonds is 7. The number of ether oxygens (including phenoxy) is 1. The Morgan fingerprint density at radius 3 is 3.04 bits per heavy atom. The molecule has 1 saturated heterocycles. The molecule has 0 saturated carbocycles. The Hall–Kier alpha value is -3.04. The number of nitrogens with zero attached hydrogens (tertiary/aromatic N) is 3. The van der Waals surface area contributed by atoms with Crippen molar-refractivity contribution in [2.75, 3.05) is 18.5 Å². The van der Waals surface area contributed by atoms with Crippen LogP contribution in [0.3, 0.4) is 0 Å². The van der Waals surface area contributed by atoms with Crippen molar-refractivity contribution in [1.82, 2.24) is 20.3 Å². The highest BCUT2D eigenvalue weighted by molar-refractivity contribution is 7.15. The topological polar surface area (TPSA) is 109 Å². The van der Waals surface area contributed by atoms with E-state index in [2.05, 4.69) is 25.6 Å². The molecule has 1 aliphatic heterocycles. The maximum Gasteiger partial charge on any atom is 0.220 e. The second-order valence-corrected chi connectivity index (χ2v) is 7.27. The molecule has 0 bridgehead atoms. The van der Waals surface area contributed by atoms with Gasteiger partial charge in [0.2, 0.25) is 5.91 Å². The number of nitrogens with one attached hydrogen (secondary N) is 2. The second-order valence-electron chi connectivity index (χ2n) is 6.20. The minimum Gasteiger partial charge on any atom is -0.491 e. The highest BCUT2D eigenvalue weighted by atomic mass is 32.1. The van der Waals surface area contributed by atoms with Crippen molar-refractivity contribution in [3.63, 3.8) is 0 Å². The molecule has 144 valence electrons. The summed E-state index contributed by atoms with van der Waals surface area (Å²) < 4.78 is 5.40. The number of hydrogen-bond acceptors (Lipinski definition) is 8. The van der Waals surface area contributed by atoms with Crippen molar-refractivity contribution in [2.45, 2.75) is 18.9 Å². The zero-order chi connectivity index (χ0) is 19.3. The van der Waals surface area contributed by atoms with Gasteiger partial charge in [-0.2, -0.15) is 0 Å². The van der Waals surface area contributed by atoms with Crippen molar-refractivity contribution in [2.24, 2.45) is 0 Å². The summed E-state index contributed by atoms with van der Waals surface area (Å²) >= 11 is 1.54. The first kappa shape index (κ1) is 18.3. The first-order valence-corrected chi connectivity index (χ1v) is 9.72. The Labute approximate surface area is 165 Å². The summed E-state index contributed by atoms with van der Waals surface area (Å²) in [6.07, 6.45) is 4.74. The fourth-order valence-corrected chi connectivity index (χ4v) is 3.85. The number of aliphatic hydroxyl groups is 1. The number of amides is 1. The van der Waals surface area contributed by atoms with Gasteiger partial charge in [0.1, 0.15) is 29.0 Å². The van der Waals surface area contributed by atoms with Gasteiger partial charge in [-0.05, 0) is 24.6 Å². The Morgan fingerprint density at radius 2 is 2.21 bits per heavy atom. The molecule has 1 fully saturated rings. The highest BCUT2D eigenvalue weighted by Gasteiger charge is 2.25. The molecule has 9 heteroatoms. The van der Waals surface area contributed by atoms with Crippen LogP contribution in [0.1, 0.15) is 23.9 Å². The average Bonchev–Trinajstić information content (AvgIpc) is 3.36. The Balaban J connectivity index is 1.49. The highest BCUT2D eigenvalue weighted by Crippen LogP contribution is 2.32. The molecule has 3 aromatic heterocycles. The van der Waals surface area contributed by atoms with Crippen molar-refractivity contribution >= 4 is 28.9 Å². The van der Waals surface area contributed by atoms with Crippen LogP contribution in [0.25, 0.3) is 10.6 Å². The quantitative estimate of drug-likeness (QED) is 0.562. The van der Waals surface area contributed by atoms with E-state index in [1.165, 1.54) is 11.3 Å². The van der Waals surface area contributed by atoms with Gasteiger partial charge in [-0.3, -0.25) is 4.79 Å². The standard InChI is InChI=1S/C19H19N5O3S/c25-8-9-27-12-6-7-20-17(10-12)24-16-3-1-2-13(22-16)15-11-21-19(28-15)14-4-5-18(26)23-14/h1-3,6-7,10-11,14,25H,4-5,8-9H2,(H,23,26)(H,20,22,24)/t14-/m0/s1. The van der Waals surface area contributed by atoms with Crippen LogP contribution < -0.4 is 15.4 Å². The zero-order valence-electron chi connectivity index (χ0n) is 15.0. The van der Waals surface area contributed by atoms with Gasteiger partial charge in [0.25, 0.3) is 0 Å². The van der Waals surface area contributed by atoms with E-state index in [0.29, 0.717) is 23.8 Å². The predicted octanol–water partition coefficient (Wildman–Crippen LogP) is 2.67. The summed E-state index contributed by atoms with van der Waals surface area (Å²) in [4.78, 5) is 25.7. The summed E-state index contributed by atoms with van der Waals surface area (Å²) in [7, 11) is 0. The van der Waals surface area contributed by atoms with E-state index < -0.39 is 0 Å². The van der Waals surface area contributed by atoms with Gasteiger partial charge in [-0.1, -0.05) is 6.07 Å². The van der Waals surface area contributed by atoms with Crippen LogP contribution in [-0.4, -0.2) is 39.2 Å². The van der Waals surface area contributed by atoms with Gasteiger partial charge in [0.15, 0.2) is 0 Å². The molecular formula is C19H19N5O3S. The molecule has 1 atom stereocenters. The first-order valence-electron chi connectivity index (χ1n) is 8.90. The molecule has 28 heavy (non-hydrogen) atoms. The lowest BCUT2D eigenvalue weighted by Crippen LogP contribution is -2.17. The van der Waals surface area contributed by atoms with E-state index in [1.54, 1.807) is 24.5 Å². The third-order valence-corrected chi connectivity index (χ3v) is 5.30. The molecule has 0 spiro atoms. The lowest BCUT2D eigenvalue weighted by molar-refractivity contribution is -0.119. The summed E-state index contributed by atoms with van der Waals surface area (Å²) in [5.74, 6) is 1.93. The van der Waals surface area contributed by atoms with Crippen molar-refractivity contribution in [3.8, 4) is 16.3 Å². The average molecular weight is 397 g/mol. The monoisotopic (exact) mass is 397 g/mol. The van der Waals surface area contributed by atoms with Crippen LogP contribution in [0.4, 0.5) is 11.6 Å². The number of thiazole rings is 1. The molecule has 1 amide bonds. The molecule has 8 nitrogen and oxygen atoms in total. The fraction of sp³-hybridized carbons (Fsp3) is 0.263. The summed E-state index contributed by atoms with van der Waals surface area (Å²) in [6.45, 7) is 0.183. The molecule has 1 aliphatic rings. The first-order chi connectivity index (χ1) is 13.7. The van der Waals surface area contributed by atoms with Crippen molar-refractivity contribution in [1.29, 1.82) is 0 Å². The van der Waals surface area contributed by atoms with Crippen molar-refractivity contribution < 1.29 is 14.6 Å². The summed E-state index contributed by atoms with van der Waals surface area (Å²) in [5.41, 5.74) is 0.797. The lowest BCUT2D eigenvalue weighted by Gasteiger charge is -2.08. The van der Waals surface area contributed by atoms with Gasteiger partial charge in [0, 0.05) is 24.9 Å². The Morgan fingerprint density at radius 1 is 1.29 bits per heavy atom. The van der Waals surface area contributed by atoms with Crippen LogP contribution in [0.2, 0.25) is 0 Å². The SMILES string of the molecule is O=C1CC[C@@H](c2ncc(-c3cccc(Nc4cc(OCCO)ccn4)n3)s2)N1. The van der Waals surface area contributed by atoms with E-state index in [-0.39, 0.29) is 25.2 Å². The van der Waals surface area contributed by atoms with Crippen LogP contribution in [-0.2, 0) is 4.79 Å². The molecule has 4 heterocycles. The van der Waals surface area contributed by atoms with Crippen LogP contribution in [0.5, 0.6) is 5.75 Å². The third kappa shape index (κ3) is 4.26. The molecule has 0 radical (unpaired) electrons. The van der Waals surface area contributed by atoms with E-state index in [0.717, 1.165) is 22.0 Å². The summed E-state index contributed by atoms with van der Waals surface area (Å²) in [5, 5.41) is 15.9. The molecule has 3 N–H and O–H groups in total. The smallest absolute Gasteiger partial charge is 0.220 e. The number of hydrogen-bond donors (Lipinski definition) is 3. The van der Waals surface area contributed by atoms with E-state index >= 15 is 0 Å².